The molecule has 1 fully saturated rings. The Morgan fingerprint density at radius 2 is 1.57 bits per heavy atom. The minimum Gasteiger partial charge on any atom is -0.336 e. The molecule has 1 aliphatic heterocycles. The summed E-state index contributed by atoms with van der Waals surface area (Å²) in [6, 6.07) is 18.4. The number of carbonyl (C=O) groups excluding carboxylic acids is 1. The molecule has 2 aromatic rings. The Kier molecular flexibility index (Phi) is 5.67. The molecule has 0 aliphatic carbocycles. The van der Waals surface area contributed by atoms with Gasteiger partial charge in [0.1, 0.15) is 0 Å². The van der Waals surface area contributed by atoms with Crippen LogP contribution in [0.1, 0.15) is 15.9 Å². The van der Waals surface area contributed by atoms with E-state index in [1.54, 1.807) is 0 Å². The number of carbonyl (C=O) groups is 1. The molecule has 2 aromatic carbocycles. The number of hydrogen-bond acceptors (Lipinski definition) is 2. The highest BCUT2D eigenvalue weighted by molar-refractivity contribution is 14.1. The Hall–Kier alpha value is -1.40. The maximum Gasteiger partial charge on any atom is 0.255 e. The summed E-state index contributed by atoms with van der Waals surface area (Å²) in [5.41, 5.74) is 2.20. The number of nitrogens with zero attached hydrogens (tertiary/aromatic N) is 2. The van der Waals surface area contributed by atoms with Crippen molar-refractivity contribution in [3.63, 3.8) is 0 Å². The zero-order valence-corrected chi connectivity index (χ0v) is 15.3. The fourth-order valence-electron chi connectivity index (χ4n) is 2.91. The van der Waals surface area contributed by atoms with Crippen LogP contribution in [0.5, 0.6) is 0 Å². The Bertz CT molecular complexity index is 651. The van der Waals surface area contributed by atoms with Crippen LogP contribution < -0.4 is 0 Å². The van der Waals surface area contributed by atoms with Gasteiger partial charge in [0.05, 0.1) is 5.56 Å². The summed E-state index contributed by atoms with van der Waals surface area (Å²) < 4.78 is 1.03. The van der Waals surface area contributed by atoms with E-state index in [1.165, 1.54) is 5.56 Å². The molecule has 0 radical (unpaired) electrons. The summed E-state index contributed by atoms with van der Waals surface area (Å²) in [6.45, 7) is 4.62. The monoisotopic (exact) mass is 420 g/mol. The van der Waals surface area contributed by atoms with E-state index in [0.29, 0.717) is 0 Å². The summed E-state index contributed by atoms with van der Waals surface area (Å²) in [7, 11) is 0. The average molecular weight is 420 g/mol. The Morgan fingerprint density at radius 1 is 0.913 bits per heavy atom. The van der Waals surface area contributed by atoms with E-state index in [-0.39, 0.29) is 5.91 Å². The fourth-order valence-corrected chi connectivity index (χ4v) is 3.53. The van der Waals surface area contributed by atoms with Crippen molar-refractivity contribution in [2.24, 2.45) is 0 Å². The molecule has 0 spiro atoms. The lowest BCUT2D eigenvalue weighted by molar-refractivity contribution is 0.0637. The molecule has 1 aliphatic rings. The lowest BCUT2D eigenvalue weighted by atomic mass is 10.1. The summed E-state index contributed by atoms with van der Waals surface area (Å²) in [5.74, 6) is 0.165. The van der Waals surface area contributed by atoms with Gasteiger partial charge in [0.25, 0.3) is 5.91 Å². The van der Waals surface area contributed by atoms with Crippen LogP contribution in [-0.2, 0) is 6.42 Å². The van der Waals surface area contributed by atoms with E-state index >= 15 is 0 Å². The SMILES string of the molecule is O=C(c1ccccc1I)N1CCN(CCc2ccccc2)CC1. The second kappa shape index (κ2) is 7.93. The van der Waals surface area contributed by atoms with Crippen molar-refractivity contribution in [3.8, 4) is 0 Å². The molecular weight excluding hydrogens is 399 g/mol. The molecule has 23 heavy (non-hydrogen) atoms. The van der Waals surface area contributed by atoms with Crippen molar-refractivity contribution in [3.05, 3.63) is 69.3 Å². The number of hydrogen-bond donors (Lipinski definition) is 0. The van der Waals surface area contributed by atoms with Crippen LogP contribution in [0.2, 0.25) is 0 Å². The van der Waals surface area contributed by atoms with Gasteiger partial charge in [0.2, 0.25) is 0 Å². The van der Waals surface area contributed by atoms with Gasteiger partial charge >= 0.3 is 0 Å². The van der Waals surface area contributed by atoms with Crippen molar-refractivity contribution in [2.75, 3.05) is 32.7 Å². The Morgan fingerprint density at radius 3 is 2.26 bits per heavy atom. The maximum absolute atomic E-state index is 12.6. The minimum absolute atomic E-state index is 0.165. The molecule has 1 saturated heterocycles. The molecule has 0 unspecified atom stereocenters. The normalized spacial score (nSPS) is 15.6. The molecule has 120 valence electrons. The first kappa shape index (κ1) is 16.5. The van der Waals surface area contributed by atoms with Gasteiger partial charge in [0.15, 0.2) is 0 Å². The van der Waals surface area contributed by atoms with Gasteiger partial charge in [-0.25, -0.2) is 0 Å². The lowest BCUT2D eigenvalue weighted by Crippen LogP contribution is -2.49. The van der Waals surface area contributed by atoms with Gasteiger partial charge in [-0.05, 0) is 46.7 Å². The summed E-state index contributed by atoms with van der Waals surface area (Å²) in [5, 5.41) is 0. The van der Waals surface area contributed by atoms with Crippen molar-refractivity contribution in [1.29, 1.82) is 0 Å². The summed E-state index contributed by atoms with van der Waals surface area (Å²) in [4.78, 5) is 17.0. The van der Waals surface area contributed by atoms with Crippen LogP contribution in [0.3, 0.4) is 0 Å². The topological polar surface area (TPSA) is 23.6 Å². The first-order chi connectivity index (χ1) is 11.2. The minimum atomic E-state index is 0.165. The van der Waals surface area contributed by atoms with Gasteiger partial charge in [-0.15, -0.1) is 0 Å². The van der Waals surface area contributed by atoms with Gasteiger partial charge < -0.3 is 4.90 Å². The van der Waals surface area contributed by atoms with E-state index in [1.807, 2.05) is 29.2 Å². The van der Waals surface area contributed by atoms with E-state index in [2.05, 4.69) is 57.8 Å². The van der Waals surface area contributed by atoms with Gasteiger partial charge in [0, 0.05) is 36.3 Å². The van der Waals surface area contributed by atoms with Crippen molar-refractivity contribution < 1.29 is 4.79 Å². The molecule has 1 heterocycles. The van der Waals surface area contributed by atoms with E-state index in [9.17, 15) is 4.79 Å². The molecule has 0 atom stereocenters. The second-order valence-corrected chi connectivity index (χ2v) is 7.01. The summed E-state index contributed by atoms with van der Waals surface area (Å²) >= 11 is 2.24. The number of piperazine rings is 1. The van der Waals surface area contributed by atoms with Crippen molar-refractivity contribution >= 4 is 28.5 Å². The third-order valence-electron chi connectivity index (χ3n) is 4.32. The summed E-state index contributed by atoms with van der Waals surface area (Å²) in [6.07, 6.45) is 1.07. The average Bonchev–Trinajstić information content (AvgIpc) is 2.61. The molecule has 3 rings (SSSR count). The van der Waals surface area contributed by atoms with Crippen molar-refractivity contribution in [1.82, 2.24) is 9.80 Å². The number of benzene rings is 2. The van der Waals surface area contributed by atoms with Gasteiger partial charge in [-0.3, -0.25) is 9.69 Å². The first-order valence-electron chi connectivity index (χ1n) is 8.04. The largest absolute Gasteiger partial charge is 0.336 e. The van der Waals surface area contributed by atoms with E-state index < -0.39 is 0 Å². The molecule has 1 amide bonds. The Labute approximate surface area is 151 Å². The van der Waals surface area contributed by atoms with Crippen LogP contribution >= 0.6 is 22.6 Å². The zero-order chi connectivity index (χ0) is 16.1. The predicted molar refractivity (Wildman–Crippen MR) is 102 cm³/mol. The number of halogens is 1. The van der Waals surface area contributed by atoms with Crippen LogP contribution in [-0.4, -0.2) is 48.4 Å². The first-order valence-corrected chi connectivity index (χ1v) is 9.12. The highest BCUT2D eigenvalue weighted by atomic mass is 127. The lowest BCUT2D eigenvalue weighted by Gasteiger charge is -2.35. The van der Waals surface area contributed by atoms with E-state index in [0.717, 1.165) is 48.3 Å². The molecule has 0 N–H and O–H groups in total. The Balaban J connectivity index is 1.50. The zero-order valence-electron chi connectivity index (χ0n) is 13.1. The predicted octanol–water partition coefficient (Wildman–Crippen LogP) is 3.29. The molecule has 0 aromatic heterocycles. The highest BCUT2D eigenvalue weighted by Crippen LogP contribution is 2.15. The third kappa shape index (κ3) is 4.32. The van der Waals surface area contributed by atoms with Crippen LogP contribution in [0, 0.1) is 3.57 Å². The van der Waals surface area contributed by atoms with E-state index in [4.69, 9.17) is 0 Å². The second-order valence-electron chi connectivity index (χ2n) is 5.85. The van der Waals surface area contributed by atoms with Crippen LogP contribution in [0.25, 0.3) is 0 Å². The van der Waals surface area contributed by atoms with Gasteiger partial charge in [-0.2, -0.15) is 0 Å². The smallest absolute Gasteiger partial charge is 0.255 e. The number of amides is 1. The third-order valence-corrected chi connectivity index (χ3v) is 5.26. The molecule has 4 heteroatoms. The fraction of sp³-hybridized carbons (Fsp3) is 0.316. The molecular formula is C19H21IN2O. The highest BCUT2D eigenvalue weighted by Gasteiger charge is 2.22. The quantitative estimate of drug-likeness (QED) is 0.709. The maximum atomic E-state index is 12.6. The van der Waals surface area contributed by atoms with Gasteiger partial charge in [-0.1, -0.05) is 42.5 Å². The van der Waals surface area contributed by atoms with Crippen LogP contribution in [0.15, 0.2) is 54.6 Å². The number of rotatable bonds is 4. The molecule has 0 saturated carbocycles. The molecule has 0 bridgehead atoms. The standard InChI is InChI=1S/C19H21IN2O/c20-18-9-5-4-8-17(18)19(23)22-14-12-21(13-15-22)11-10-16-6-2-1-3-7-16/h1-9H,10-15H2. The van der Waals surface area contributed by atoms with Crippen molar-refractivity contribution in [2.45, 2.75) is 6.42 Å². The molecule has 3 nitrogen and oxygen atoms in total. The van der Waals surface area contributed by atoms with Crippen LogP contribution in [0.4, 0.5) is 0 Å².